The number of thiophene rings is 1. The lowest BCUT2D eigenvalue weighted by Gasteiger charge is -2.13. The van der Waals surface area contributed by atoms with Crippen LogP contribution in [-0.2, 0) is 11.3 Å². The Kier molecular flexibility index (Phi) is 5.70. The van der Waals surface area contributed by atoms with Gasteiger partial charge >= 0.3 is 0 Å². The SMILES string of the molecule is Cc1ccc(-n2c(SCC(=O)NCc3cccs3)nc3[nH]ncc3c2=O)cc1Cl. The number of nitrogens with one attached hydrogen (secondary N) is 2. The van der Waals surface area contributed by atoms with Crippen LogP contribution in [0.25, 0.3) is 16.7 Å². The van der Waals surface area contributed by atoms with Gasteiger partial charge in [-0.2, -0.15) is 5.10 Å². The first-order valence-corrected chi connectivity index (χ1v) is 10.9. The highest BCUT2D eigenvalue weighted by Gasteiger charge is 2.16. The first-order valence-electron chi connectivity index (χ1n) is 8.67. The number of thioether (sulfide) groups is 1. The molecule has 0 radical (unpaired) electrons. The van der Waals surface area contributed by atoms with E-state index in [1.807, 2.05) is 30.5 Å². The van der Waals surface area contributed by atoms with E-state index in [1.165, 1.54) is 22.5 Å². The normalized spacial score (nSPS) is 11.1. The Hall–Kier alpha value is -2.62. The van der Waals surface area contributed by atoms with Crippen LogP contribution in [0.15, 0.2) is 51.9 Å². The van der Waals surface area contributed by atoms with E-state index < -0.39 is 0 Å². The molecule has 1 amide bonds. The Morgan fingerprint density at radius 2 is 2.24 bits per heavy atom. The Morgan fingerprint density at radius 3 is 3.00 bits per heavy atom. The number of amides is 1. The molecule has 0 fully saturated rings. The Labute approximate surface area is 179 Å². The van der Waals surface area contributed by atoms with Gasteiger partial charge in [0, 0.05) is 9.90 Å². The smallest absolute Gasteiger partial charge is 0.269 e. The number of aryl methyl sites for hydroxylation is 1. The lowest BCUT2D eigenvalue weighted by molar-refractivity contribution is -0.118. The number of hydrogen-bond acceptors (Lipinski definition) is 6. The third-order valence-corrected chi connectivity index (χ3v) is 6.46. The molecule has 29 heavy (non-hydrogen) atoms. The molecule has 7 nitrogen and oxygen atoms in total. The predicted molar refractivity (Wildman–Crippen MR) is 116 cm³/mol. The molecule has 0 saturated heterocycles. The van der Waals surface area contributed by atoms with Gasteiger partial charge in [0.2, 0.25) is 5.91 Å². The molecular formula is C19H16ClN5O2S2. The van der Waals surface area contributed by atoms with Gasteiger partial charge in [-0.1, -0.05) is 35.5 Å². The lowest BCUT2D eigenvalue weighted by Crippen LogP contribution is -2.26. The van der Waals surface area contributed by atoms with E-state index in [0.717, 1.165) is 10.4 Å². The van der Waals surface area contributed by atoms with Crippen molar-refractivity contribution in [2.24, 2.45) is 0 Å². The van der Waals surface area contributed by atoms with Crippen molar-refractivity contribution in [3.05, 3.63) is 67.7 Å². The summed E-state index contributed by atoms with van der Waals surface area (Å²) in [5.41, 5.74) is 1.60. The Bertz CT molecular complexity index is 1230. The predicted octanol–water partition coefficient (Wildman–Crippen LogP) is 3.54. The summed E-state index contributed by atoms with van der Waals surface area (Å²) in [5.74, 6) is -0.0207. The van der Waals surface area contributed by atoms with Crippen molar-refractivity contribution in [1.29, 1.82) is 0 Å². The molecular weight excluding hydrogens is 430 g/mol. The van der Waals surface area contributed by atoms with Crippen molar-refractivity contribution < 1.29 is 4.79 Å². The van der Waals surface area contributed by atoms with Crippen molar-refractivity contribution in [1.82, 2.24) is 25.1 Å². The molecule has 10 heteroatoms. The number of nitrogens with zero attached hydrogens (tertiary/aromatic N) is 3. The summed E-state index contributed by atoms with van der Waals surface area (Å²) in [7, 11) is 0. The molecule has 3 heterocycles. The van der Waals surface area contributed by atoms with Crippen LogP contribution in [0.5, 0.6) is 0 Å². The van der Waals surface area contributed by atoms with E-state index in [0.29, 0.717) is 33.4 Å². The fourth-order valence-corrected chi connectivity index (χ4v) is 4.35. The van der Waals surface area contributed by atoms with Crippen LogP contribution in [-0.4, -0.2) is 31.4 Å². The van der Waals surface area contributed by atoms with Gasteiger partial charge in [-0.3, -0.25) is 19.3 Å². The summed E-state index contributed by atoms with van der Waals surface area (Å²) < 4.78 is 1.46. The standard InChI is InChI=1S/C19H16ClN5O2S2/c1-11-4-5-12(7-15(11)20)25-18(27)14-9-22-24-17(14)23-19(25)29-10-16(26)21-8-13-3-2-6-28-13/h2-7,9H,8,10H2,1H3,(H,21,26)(H,22,24). The molecule has 0 bridgehead atoms. The minimum atomic E-state index is -0.273. The number of carbonyl (C=O) groups excluding carboxylic acids is 1. The Morgan fingerprint density at radius 1 is 1.38 bits per heavy atom. The summed E-state index contributed by atoms with van der Waals surface area (Å²) in [6.45, 7) is 2.37. The second kappa shape index (κ2) is 8.40. The van der Waals surface area contributed by atoms with Crippen LogP contribution < -0.4 is 10.9 Å². The summed E-state index contributed by atoms with van der Waals surface area (Å²) in [4.78, 5) is 30.9. The van der Waals surface area contributed by atoms with E-state index >= 15 is 0 Å². The molecule has 4 rings (SSSR count). The molecule has 148 valence electrons. The average molecular weight is 446 g/mol. The molecule has 2 N–H and O–H groups in total. The minimum Gasteiger partial charge on any atom is -0.350 e. The van der Waals surface area contributed by atoms with Gasteiger partial charge in [-0.15, -0.1) is 11.3 Å². The number of rotatable bonds is 6. The maximum Gasteiger partial charge on any atom is 0.269 e. The number of carbonyl (C=O) groups is 1. The highest BCUT2D eigenvalue weighted by molar-refractivity contribution is 7.99. The van der Waals surface area contributed by atoms with Crippen molar-refractivity contribution in [3.8, 4) is 5.69 Å². The van der Waals surface area contributed by atoms with Crippen molar-refractivity contribution >= 4 is 51.6 Å². The number of aromatic nitrogens is 4. The molecule has 0 saturated carbocycles. The van der Waals surface area contributed by atoms with Gasteiger partial charge < -0.3 is 5.32 Å². The van der Waals surface area contributed by atoms with Crippen molar-refractivity contribution in [3.63, 3.8) is 0 Å². The van der Waals surface area contributed by atoms with Crippen LogP contribution in [0.4, 0.5) is 0 Å². The highest BCUT2D eigenvalue weighted by Crippen LogP contribution is 2.24. The minimum absolute atomic E-state index is 0.122. The third-order valence-electron chi connectivity index (χ3n) is 4.24. The van der Waals surface area contributed by atoms with Crippen LogP contribution in [0.3, 0.4) is 0 Å². The number of hydrogen-bond donors (Lipinski definition) is 2. The summed E-state index contributed by atoms with van der Waals surface area (Å²) in [6.07, 6.45) is 1.44. The van der Waals surface area contributed by atoms with Gasteiger partial charge in [0.15, 0.2) is 10.8 Å². The van der Waals surface area contributed by atoms with E-state index in [-0.39, 0.29) is 17.2 Å². The van der Waals surface area contributed by atoms with Gasteiger partial charge in [0.05, 0.1) is 24.2 Å². The first kappa shape index (κ1) is 19.7. The Balaban J connectivity index is 1.63. The zero-order chi connectivity index (χ0) is 20.4. The number of H-pyrrole nitrogens is 1. The number of aromatic amines is 1. The lowest BCUT2D eigenvalue weighted by atomic mass is 10.2. The quantitative estimate of drug-likeness (QED) is 0.350. The zero-order valence-corrected chi connectivity index (χ0v) is 17.7. The van der Waals surface area contributed by atoms with E-state index in [4.69, 9.17) is 11.6 Å². The second-order valence-electron chi connectivity index (χ2n) is 6.25. The number of halogens is 1. The molecule has 3 aromatic heterocycles. The molecule has 4 aromatic rings. The summed E-state index contributed by atoms with van der Waals surface area (Å²) >= 11 is 9.02. The topological polar surface area (TPSA) is 92.7 Å². The summed E-state index contributed by atoms with van der Waals surface area (Å²) in [6, 6.07) is 9.26. The maximum atomic E-state index is 13.0. The molecule has 1 aromatic carbocycles. The van der Waals surface area contributed by atoms with Crippen LogP contribution >= 0.6 is 34.7 Å². The zero-order valence-electron chi connectivity index (χ0n) is 15.3. The van der Waals surface area contributed by atoms with Crippen LogP contribution in [0, 0.1) is 6.92 Å². The van der Waals surface area contributed by atoms with Crippen LogP contribution in [0.2, 0.25) is 5.02 Å². The molecule has 0 spiro atoms. The van der Waals surface area contributed by atoms with Crippen LogP contribution in [0.1, 0.15) is 10.4 Å². The fraction of sp³-hybridized carbons (Fsp3) is 0.158. The fourth-order valence-electron chi connectivity index (χ4n) is 2.70. The van der Waals surface area contributed by atoms with E-state index in [1.54, 1.807) is 23.5 Å². The maximum absolute atomic E-state index is 13.0. The number of benzene rings is 1. The molecule has 0 aliphatic carbocycles. The average Bonchev–Trinajstić information content (AvgIpc) is 3.39. The largest absolute Gasteiger partial charge is 0.350 e. The van der Waals surface area contributed by atoms with Crippen molar-refractivity contribution in [2.45, 2.75) is 18.6 Å². The monoisotopic (exact) mass is 445 g/mol. The van der Waals surface area contributed by atoms with E-state index in [2.05, 4.69) is 20.5 Å². The highest BCUT2D eigenvalue weighted by atomic mass is 35.5. The third kappa shape index (κ3) is 4.21. The molecule has 0 aliphatic rings. The van der Waals surface area contributed by atoms with Gasteiger partial charge in [-0.05, 0) is 36.1 Å². The second-order valence-corrected chi connectivity index (χ2v) is 8.63. The molecule has 0 aliphatic heterocycles. The molecule has 0 unspecified atom stereocenters. The number of fused-ring (bicyclic) bond motifs is 1. The van der Waals surface area contributed by atoms with Gasteiger partial charge in [0.1, 0.15) is 5.39 Å². The first-order chi connectivity index (χ1) is 14.0. The van der Waals surface area contributed by atoms with Gasteiger partial charge in [-0.25, -0.2) is 4.98 Å². The summed E-state index contributed by atoms with van der Waals surface area (Å²) in [5, 5.41) is 12.8. The van der Waals surface area contributed by atoms with E-state index in [9.17, 15) is 9.59 Å². The van der Waals surface area contributed by atoms with Crippen molar-refractivity contribution in [2.75, 3.05) is 5.75 Å². The molecule has 0 atom stereocenters. The van der Waals surface area contributed by atoms with Gasteiger partial charge in [0.25, 0.3) is 5.56 Å².